The molecule has 6 nitrogen and oxygen atoms in total. The van der Waals surface area contributed by atoms with Crippen molar-refractivity contribution in [2.24, 2.45) is 5.41 Å². The minimum Gasteiger partial charge on any atom is -0.346 e. The molecular weight excluding hydrogens is 196 g/mol. The first kappa shape index (κ1) is 9.65. The topological polar surface area (TPSA) is 91.8 Å². The van der Waals surface area contributed by atoms with Crippen LogP contribution < -0.4 is 5.32 Å². The van der Waals surface area contributed by atoms with Crippen LogP contribution in [-0.2, 0) is 11.3 Å². The monoisotopic (exact) mass is 206 g/mol. The Kier molecular flexibility index (Phi) is 2.15. The van der Waals surface area contributed by atoms with Crippen molar-refractivity contribution in [2.45, 2.75) is 26.3 Å². The molecule has 15 heavy (non-hydrogen) atoms. The third-order valence-electron chi connectivity index (χ3n) is 2.37. The third kappa shape index (κ3) is 1.81. The summed E-state index contributed by atoms with van der Waals surface area (Å²) in [5.74, 6) is 0.635. The van der Waals surface area contributed by atoms with E-state index in [1.165, 1.54) is 0 Å². The first-order valence-electron chi connectivity index (χ1n) is 4.65. The van der Waals surface area contributed by atoms with Gasteiger partial charge in [0.1, 0.15) is 5.41 Å². The second-order valence-electron chi connectivity index (χ2n) is 3.61. The minimum absolute atomic E-state index is 0.184. The van der Waals surface area contributed by atoms with Crippen LogP contribution in [0.25, 0.3) is 0 Å². The molecule has 6 heteroatoms. The summed E-state index contributed by atoms with van der Waals surface area (Å²) in [6, 6.07) is 2.01. The molecule has 1 aliphatic carbocycles. The number of carbonyl (C=O) groups excluding carboxylic acids is 1. The van der Waals surface area contributed by atoms with Crippen molar-refractivity contribution < 1.29 is 9.32 Å². The molecule has 0 unspecified atom stereocenters. The molecule has 1 fully saturated rings. The molecule has 0 spiro atoms. The van der Waals surface area contributed by atoms with Gasteiger partial charge in [0.25, 0.3) is 0 Å². The van der Waals surface area contributed by atoms with Gasteiger partial charge in [0, 0.05) is 0 Å². The number of nitrogens with one attached hydrogen (secondary N) is 1. The van der Waals surface area contributed by atoms with E-state index in [9.17, 15) is 4.79 Å². The predicted octanol–water partition coefficient (Wildman–Crippen LogP) is 0.298. The van der Waals surface area contributed by atoms with Crippen molar-refractivity contribution in [2.75, 3.05) is 0 Å². The first-order chi connectivity index (χ1) is 7.16. The molecule has 0 radical (unpaired) electrons. The molecule has 1 heterocycles. The molecule has 0 aromatic carbocycles. The molecule has 0 saturated heterocycles. The zero-order chi connectivity index (χ0) is 10.9. The molecular formula is C9H10N4O2. The van der Waals surface area contributed by atoms with Gasteiger partial charge in [0.05, 0.1) is 12.6 Å². The highest BCUT2D eigenvalue weighted by atomic mass is 16.5. The van der Waals surface area contributed by atoms with Crippen molar-refractivity contribution in [1.82, 2.24) is 15.5 Å². The molecule has 1 amide bonds. The maximum absolute atomic E-state index is 11.5. The van der Waals surface area contributed by atoms with Crippen LogP contribution in [-0.4, -0.2) is 16.0 Å². The molecule has 2 rings (SSSR count). The van der Waals surface area contributed by atoms with Gasteiger partial charge in [-0.3, -0.25) is 4.79 Å². The standard InChI is InChI=1S/C9H10N4O2/c1-6-12-7(15-13-6)4-11-8(14)9(5-10)2-3-9/h2-4H2,1H3,(H,11,14). The molecule has 1 aliphatic rings. The van der Waals surface area contributed by atoms with E-state index in [-0.39, 0.29) is 12.5 Å². The smallest absolute Gasteiger partial charge is 0.246 e. The van der Waals surface area contributed by atoms with E-state index in [1.807, 2.05) is 6.07 Å². The number of nitrogens with zero attached hydrogens (tertiary/aromatic N) is 3. The second-order valence-corrected chi connectivity index (χ2v) is 3.61. The van der Waals surface area contributed by atoms with Crippen LogP contribution in [0.2, 0.25) is 0 Å². The quantitative estimate of drug-likeness (QED) is 0.767. The van der Waals surface area contributed by atoms with E-state index in [4.69, 9.17) is 9.78 Å². The van der Waals surface area contributed by atoms with Crippen LogP contribution in [0.15, 0.2) is 4.52 Å². The molecule has 1 N–H and O–H groups in total. The Morgan fingerprint density at radius 3 is 2.93 bits per heavy atom. The van der Waals surface area contributed by atoms with Crippen LogP contribution in [0.3, 0.4) is 0 Å². The lowest BCUT2D eigenvalue weighted by molar-refractivity contribution is -0.124. The van der Waals surface area contributed by atoms with Crippen LogP contribution in [0, 0.1) is 23.7 Å². The van der Waals surface area contributed by atoms with Gasteiger partial charge in [-0.25, -0.2) is 0 Å². The van der Waals surface area contributed by atoms with Gasteiger partial charge >= 0.3 is 0 Å². The van der Waals surface area contributed by atoms with Crippen LogP contribution >= 0.6 is 0 Å². The van der Waals surface area contributed by atoms with Crippen molar-refractivity contribution in [3.05, 3.63) is 11.7 Å². The Bertz CT molecular complexity index is 428. The Hall–Kier alpha value is -1.90. The van der Waals surface area contributed by atoms with Gasteiger partial charge in [0.15, 0.2) is 5.82 Å². The maximum Gasteiger partial charge on any atom is 0.246 e. The van der Waals surface area contributed by atoms with Crippen molar-refractivity contribution in [1.29, 1.82) is 5.26 Å². The fourth-order valence-corrected chi connectivity index (χ4v) is 1.25. The summed E-state index contributed by atoms with van der Waals surface area (Å²) in [7, 11) is 0. The molecule has 0 atom stereocenters. The van der Waals surface area contributed by atoms with Gasteiger partial charge in [-0.1, -0.05) is 5.16 Å². The van der Waals surface area contributed by atoms with E-state index in [0.29, 0.717) is 24.6 Å². The van der Waals surface area contributed by atoms with Crippen molar-refractivity contribution in [3.63, 3.8) is 0 Å². The average Bonchev–Trinajstić information content (AvgIpc) is 2.93. The van der Waals surface area contributed by atoms with E-state index < -0.39 is 5.41 Å². The SMILES string of the molecule is Cc1noc(CNC(=O)C2(C#N)CC2)n1. The number of aromatic nitrogens is 2. The van der Waals surface area contributed by atoms with E-state index in [1.54, 1.807) is 6.92 Å². The first-order valence-corrected chi connectivity index (χ1v) is 4.65. The molecule has 0 aliphatic heterocycles. The molecule has 1 saturated carbocycles. The van der Waals surface area contributed by atoms with Gasteiger partial charge in [-0.15, -0.1) is 0 Å². The fourth-order valence-electron chi connectivity index (χ4n) is 1.25. The number of amides is 1. The van der Waals surface area contributed by atoms with Crippen molar-refractivity contribution >= 4 is 5.91 Å². The Balaban J connectivity index is 1.89. The Labute approximate surface area is 86.3 Å². The third-order valence-corrected chi connectivity index (χ3v) is 2.37. The number of hydrogen-bond acceptors (Lipinski definition) is 5. The predicted molar refractivity (Wildman–Crippen MR) is 48.2 cm³/mol. The van der Waals surface area contributed by atoms with E-state index >= 15 is 0 Å². The Morgan fingerprint density at radius 2 is 2.47 bits per heavy atom. The Morgan fingerprint density at radius 1 is 1.73 bits per heavy atom. The van der Waals surface area contributed by atoms with E-state index in [2.05, 4.69) is 15.5 Å². The number of nitriles is 1. The maximum atomic E-state index is 11.5. The van der Waals surface area contributed by atoms with Gasteiger partial charge in [0.2, 0.25) is 11.8 Å². The lowest BCUT2D eigenvalue weighted by Crippen LogP contribution is -2.30. The summed E-state index contributed by atoms with van der Waals surface area (Å²) >= 11 is 0. The summed E-state index contributed by atoms with van der Waals surface area (Å²) in [4.78, 5) is 15.5. The van der Waals surface area contributed by atoms with Crippen LogP contribution in [0.4, 0.5) is 0 Å². The largest absolute Gasteiger partial charge is 0.346 e. The molecule has 0 bridgehead atoms. The lowest BCUT2D eigenvalue weighted by atomic mass is 10.1. The van der Waals surface area contributed by atoms with E-state index in [0.717, 1.165) is 0 Å². The number of aryl methyl sites for hydroxylation is 1. The summed E-state index contributed by atoms with van der Waals surface area (Å²) < 4.78 is 4.82. The van der Waals surface area contributed by atoms with Gasteiger partial charge in [-0.2, -0.15) is 10.2 Å². The van der Waals surface area contributed by atoms with Crippen LogP contribution in [0.5, 0.6) is 0 Å². The zero-order valence-electron chi connectivity index (χ0n) is 8.28. The molecule has 78 valence electrons. The zero-order valence-corrected chi connectivity index (χ0v) is 8.28. The molecule has 1 aromatic rings. The highest BCUT2D eigenvalue weighted by Gasteiger charge is 2.50. The lowest BCUT2D eigenvalue weighted by Gasteiger charge is -2.04. The number of hydrogen-bond donors (Lipinski definition) is 1. The highest BCUT2D eigenvalue weighted by Crippen LogP contribution is 2.44. The van der Waals surface area contributed by atoms with Crippen LogP contribution in [0.1, 0.15) is 24.6 Å². The van der Waals surface area contributed by atoms with Crippen molar-refractivity contribution in [3.8, 4) is 6.07 Å². The summed E-state index contributed by atoms with van der Waals surface area (Å²) in [6.07, 6.45) is 1.27. The second kappa shape index (κ2) is 3.35. The molecule has 1 aromatic heterocycles. The summed E-state index contributed by atoms with van der Waals surface area (Å²) in [5, 5.41) is 15.0. The van der Waals surface area contributed by atoms with Gasteiger partial charge < -0.3 is 9.84 Å². The normalized spacial score (nSPS) is 16.8. The van der Waals surface area contributed by atoms with Gasteiger partial charge in [-0.05, 0) is 19.8 Å². The summed E-state index contributed by atoms with van der Waals surface area (Å²) in [6.45, 7) is 1.88. The average molecular weight is 206 g/mol. The fraction of sp³-hybridized carbons (Fsp3) is 0.556. The highest BCUT2D eigenvalue weighted by molar-refractivity contribution is 5.88. The summed E-state index contributed by atoms with van der Waals surface area (Å²) in [5.41, 5.74) is -0.797. The number of carbonyl (C=O) groups is 1. The number of rotatable bonds is 3. The minimum atomic E-state index is -0.797.